The van der Waals surface area contributed by atoms with E-state index in [-0.39, 0.29) is 5.69 Å². The molecule has 0 spiro atoms. The average Bonchev–Trinajstić information content (AvgIpc) is 3.08. The van der Waals surface area contributed by atoms with Gasteiger partial charge in [-0.3, -0.25) is 4.99 Å². The lowest BCUT2D eigenvalue weighted by atomic mass is 10.2. The molecule has 120 valence electrons. The van der Waals surface area contributed by atoms with E-state index in [4.69, 9.17) is 5.26 Å². The molecule has 0 aliphatic carbocycles. The number of aryl methyl sites for hydroxylation is 1. The van der Waals surface area contributed by atoms with Gasteiger partial charge in [0, 0.05) is 11.9 Å². The van der Waals surface area contributed by atoms with E-state index >= 15 is 0 Å². The number of hydrogen-bond acceptors (Lipinski definition) is 6. The van der Waals surface area contributed by atoms with Crippen LogP contribution >= 0.6 is 11.3 Å². The van der Waals surface area contributed by atoms with Crippen LogP contribution in [0.25, 0.3) is 11.4 Å². The summed E-state index contributed by atoms with van der Waals surface area (Å²) in [4.78, 5) is 9.05. The molecule has 0 unspecified atom stereocenters. The molecule has 0 atom stereocenters. The number of aromatic nitrogens is 4. The fourth-order valence-electron chi connectivity index (χ4n) is 1.75. The van der Waals surface area contributed by atoms with E-state index in [1.165, 1.54) is 24.5 Å². The van der Waals surface area contributed by atoms with Crippen molar-refractivity contribution in [1.82, 2.24) is 20.4 Å². The molecule has 23 heavy (non-hydrogen) atoms. The topological polar surface area (TPSA) is 90.6 Å². The molecule has 2 rings (SSSR count). The molecule has 0 bridgehead atoms. The maximum Gasteiger partial charge on any atom is 0.392 e. The Bertz CT molecular complexity index is 793. The smallest absolute Gasteiger partial charge is 0.286 e. The predicted molar refractivity (Wildman–Crippen MR) is 79.2 cm³/mol. The number of thiazole rings is 1. The third-order valence-corrected chi connectivity index (χ3v) is 3.75. The molecule has 0 amide bonds. The van der Waals surface area contributed by atoms with Crippen LogP contribution in [0, 0.1) is 18.3 Å². The van der Waals surface area contributed by atoms with E-state index in [0.717, 1.165) is 11.0 Å². The molecule has 0 aromatic carbocycles. The molecule has 0 aliphatic rings. The van der Waals surface area contributed by atoms with Crippen molar-refractivity contribution in [2.45, 2.75) is 19.5 Å². The van der Waals surface area contributed by atoms with Crippen molar-refractivity contribution >= 4 is 17.0 Å². The fraction of sp³-hybridized carbons (Fsp3) is 0.308. The van der Waals surface area contributed by atoms with Gasteiger partial charge in [0.25, 0.3) is 0 Å². The molecule has 6 nitrogen and oxygen atoms in total. The summed E-state index contributed by atoms with van der Waals surface area (Å²) in [6, 6.07) is 1.90. The van der Waals surface area contributed by atoms with Crippen LogP contribution in [0.2, 0.25) is 0 Å². The number of nitrogens with one attached hydrogen (secondary N) is 1. The minimum absolute atomic E-state index is 0.104. The first-order valence-electron chi connectivity index (χ1n) is 6.35. The number of H-pyrrole nitrogens is 1. The van der Waals surface area contributed by atoms with Crippen LogP contribution in [0.15, 0.2) is 17.1 Å². The first-order valence-corrected chi connectivity index (χ1v) is 7.16. The highest BCUT2D eigenvalue weighted by molar-refractivity contribution is 7.14. The van der Waals surface area contributed by atoms with Gasteiger partial charge in [0.1, 0.15) is 16.8 Å². The Balaban J connectivity index is 2.31. The Hall–Kier alpha value is -2.54. The Morgan fingerprint density at radius 3 is 2.74 bits per heavy atom. The number of aliphatic imine (C=N–C) groups is 1. The molecular formula is C13H11F3N6S. The zero-order valence-electron chi connectivity index (χ0n) is 12.1. The van der Waals surface area contributed by atoms with Gasteiger partial charge in [0.05, 0.1) is 12.1 Å². The summed E-state index contributed by atoms with van der Waals surface area (Å²) in [5.41, 5.74) is 1.20. The minimum atomic E-state index is -4.26. The van der Waals surface area contributed by atoms with Gasteiger partial charge in [-0.2, -0.15) is 28.7 Å². The van der Waals surface area contributed by atoms with Gasteiger partial charge in [-0.15, -0.1) is 16.4 Å². The maximum absolute atomic E-state index is 12.2. The van der Waals surface area contributed by atoms with Crippen molar-refractivity contribution in [3.05, 3.63) is 27.7 Å². The molecule has 0 radical (unpaired) electrons. The van der Waals surface area contributed by atoms with Gasteiger partial charge in [0.2, 0.25) is 0 Å². The van der Waals surface area contributed by atoms with Crippen molar-refractivity contribution < 1.29 is 13.2 Å². The Morgan fingerprint density at radius 2 is 2.13 bits per heavy atom. The lowest BCUT2D eigenvalue weighted by Gasteiger charge is -2.00. The Labute approximate surface area is 133 Å². The molecular weight excluding hydrogens is 329 g/mol. The van der Waals surface area contributed by atoms with Crippen LogP contribution in [0.3, 0.4) is 0 Å². The average molecular weight is 340 g/mol. The summed E-state index contributed by atoms with van der Waals surface area (Å²) in [6.45, 7) is 1.78. The lowest BCUT2D eigenvalue weighted by molar-refractivity contribution is -0.124. The number of nitriles is 1. The quantitative estimate of drug-likeness (QED) is 0.866. The van der Waals surface area contributed by atoms with E-state index < -0.39 is 12.6 Å². The molecule has 0 saturated heterocycles. The van der Waals surface area contributed by atoms with Crippen LogP contribution in [-0.2, 0) is 0 Å². The highest BCUT2D eigenvalue weighted by atomic mass is 32.1. The standard InChI is InChI=1S/C13H11F3N6S/c1-7-10(11-9(6-17)20-22-21-11)19-12(23-7)8(18-2)4-3-5-13(14,15)16/h3-4H,5H2,1-2H3,(H,20,21,22)/b4-3-,18-8?. The van der Waals surface area contributed by atoms with Gasteiger partial charge in [-0.05, 0) is 13.0 Å². The summed E-state index contributed by atoms with van der Waals surface area (Å²) in [5, 5.41) is 19.4. The Morgan fingerprint density at radius 1 is 1.39 bits per heavy atom. The van der Waals surface area contributed by atoms with Crippen molar-refractivity contribution in [2.24, 2.45) is 4.99 Å². The molecule has 2 aromatic rings. The van der Waals surface area contributed by atoms with Crippen LogP contribution in [-0.4, -0.2) is 39.3 Å². The van der Waals surface area contributed by atoms with Crippen molar-refractivity contribution in [3.8, 4) is 17.5 Å². The van der Waals surface area contributed by atoms with E-state index in [1.54, 1.807) is 6.92 Å². The summed E-state index contributed by atoms with van der Waals surface area (Å²) in [5.74, 6) is 0. The number of allylic oxidation sites excluding steroid dienone is 2. The van der Waals surface area contributed by atoms with Crippen molar-refractivity contribution in [2.75, 3.05) is 7.05 Å². The molecule has 2 aromatic heterocycles. The van der Waals surface area contributed by atoms with Crippen molar-refractivity contribution in [1.29, 1.82) is 5.26 Å². The first kappa shape index (κ1) is 16.8. The number of nitrogens with zero attached hydrogens (tertiary/aromatic N) is 5. The largest absolute Gasteiger partial charge is 0.392 e. The van der Waals surface area contributed by atoms with Crippen LogP contribution in [0.4, 0.5) is 13.2 Å². The van der Waals surface area contributed by atoms with Gasteiger partial charge in [-0.1, -0.05) is 6.08 Å². The number of hydrogen-bond donors (Lipinski definition) is 1. The molecule has 0 fully saturated rings. The third kappa shape index (κ3) is 4.01. The second kappa shape index (κ2) is 6.70. The highest BCUT2D eigenvalue weighted by Crippen LogP contribution is 2.28. The van der Waals surface area contributed by atoms with Gasteiger partial charge < -0.3 is 0 Å². The summed E-state index contributed by atoms with van der Waals surface area (Å²) >= 11 is 1.26. The SMILES string of the molecule is CN=C(/C=C\CC(F)(F)F)c1nc(-c2n[nH]nc2C#N)c(C)s1. The zero-order valence-corrected chi connectivity index (χ0v) is 13.0. The second-order valence-corrected chi connectivity index (χ2v) is 5.59. The maximum atomic E-state index is 12.2. The fourth-order valence-corrected chi connectivity index (χ4v) is 2.68. The number of rotatable bonds is 4. The molecule has 0 saturated carbocycles. The molecule has 10 heteroatoms. The summed E-state index contributed by atoms with van der Waals surface area (Å²) < 4.78 is 36.6. The Kier molecular flexibility index (Phi) is 4.90. The monoisotopic (exact) mass is 340 g/mol. The van der Waals surface area contributed by atoms with Gasteiger partial charge in [-0.25, -0.2) is 4.98 Å². The number of halogens is 3. The van der Waals surface area contributed by atoms with E-state index in [1.807, 2.05) is 6.07 Å². The number of aromatic amines is 1. The van der Waals surface area contributed by atoms with E-state index in [9.17, 15) is 13.2 Å². The van der Waals surface area contributed by atoms with Crippen LogP contribution in [0.1, 0.15) is 22.0 Å². The first-order chi connectivity index (χ1) is 10.9. The summed E-state index contributed by atoms with van der Waals surface area (Å²) in [7, 11) is 1.47. The van der Waals surface area contributed by atoms with E-state index in [2.05, 4.69) is 25.4 Å². The summed E-state index contributed by atoms with van der Waals surface area (Å²) in [6.07, 6.45) is -3.02. The zero-order chi connectivity index (χ0) is 17.0. The van der Waals surface area contributed by atoms with Crippen molar-refractivity contribution in [3.63, 3.8) is 0 Å². The van der Waals surface area contributed by atoms with Crippen LogP contribution in [0.5, 0.6) is 0 Å². The highest BCUT2D eigenvalue weighted by Gasteiger charge is 2.25. The van der Waals surface area contributed by atoms with Crippen LogP contribution < -0.4 is 0 Å². The second-order valence-electron chi connectivity index (χ2n) is 4.39. The normalized spacial score (nSPS) is 12.8. The van der Waals surface area contributed by atoms with Gasteiger partial charge in [0.15, 0.2) is 11.4 Å². The molecule has 0 aliphatic heterocycles. The molecule has 2 heterocycles. The predicted octanol–water partition coefficient (Wildman–Crippen LogP) is 3.04. The molecule has 1 N–H and O–H groups in total. The lowest BCUT2D eigenvalue weighted by Crippen LogP contribution is -2.05. The third-order valence-electron chi connectivity index (χ3n) is 2.76. The van der Waals surface area contributed by atoms with E-state index in [0.29, 0.717) is 22.1 Å². The number of alkyl halides is 3. The minimum Gasteiger partial charge on any atom is -0.286 e. The van der Waals surface area contributed by atoms with Gasteiger partial charge >= 0.3 is 6.18 Å².